The molecule has 2 nitrogen and oxygen atoms in total. The molecule has 0 heterocycles. The summed E-state index contributed by atoms with van der Waals surface area (Å²) in [6.45, 7) is 0.830. The molecule has 1 aromatic carbocycles. The van der Waals surface area contributed by atoms with E-state index in [0.717, 1.165) is 12.3 Å². The summed E-state index contributed by atoms with van der Waals surface area (Å²) in [6.07, 6.45) is 0. The molecule has 1 N–H and O–H groups in total. The van der Waals surface area contributed by atoms with E-state index in [9.17, 15) is 0 Å². The van der Waals surface area contributed by atoms with Gasteiger partial charge in [-0.2, -0.15) is 0 Å². The monoisotopic (exact) mass is 529 g/mol. The summed E-state index contributed by atoms with van der Waals surface area (Å²) >= 11 is 6.77. The molecule has 0 aliphatic rings. The van der Waals surface area contributed by atoms with E-state index in [2.05, 4.69) is 79.2 Å². The molecule has 0 saturated heterocycles. The maximum Gasteiger partial charge on any atom is 0.258 e. The molecular weight excluding hydrogens is 519 g/mol. The quantitative estimate of drug-likeness (QED) is 0.475. The first-order chi connectivity index (χ1) is 6.53. The smallest absolute Gasteiger partial charge is 0.258 e. The van der Waals surface area contributed by atoms with Gasteiger partial charge in [-0.25, -0.2) is 0 Å². The Kier molecular flexibility index (Phi) is 5.71. The zero-order valence-electron chi connectivity index (χ0n) is 7.56. The summed E-state index contributed by atoms with van der Waals surface area (Å²) in [5.41, 5.74) is 1.18. The standard InChI is InChI=1S/C9H10I3NO/c1-13-6-7-4-2-3-5-8(7)14-9(10,11)12/h2-5,13H,6H2,1H3. The second-order valence-corrected chi connectivity index (χ2v) is 13.4. The zero-order valence-corrected chi connectivity index (χ0v) is 14.0. The van der Waals surface area contributed by atoms with Crippen LogP contribution in [0.25, 0.3) is 0 Å². The van der Waals surface area contributed by atoms with Crippen molar-refractivity contribution in [2.24, 2.45) is 0 Å². The molecule has 0 radical (unpaired) electrons. The summed E-state index contributed by atoms with van der Waals surface area (Å²) in [4.78, 5) is 0. The van der Waals surface area contributed by atoms with Crippen LogP contribution >= 0.6 is 67.8 Å². The number of ether oxygens (including phenoxy) is 1. The Hall–Kier alpha value is 1.17. The van der Waals surface area contributed by atoms with Gasteiger partial charge in [0, 0.05) is 12.1 Å². The van der Waals surface area contributed by atoms with Crippen molar-refractivity contribution in [2.45, 2.75) is 6.17 Å². The fourth-order valence-electron chi connectivity index (χ4n) is 1.06. The predicted molar refractivity (Wildman–Crippen MR) is 84.6 cm³/mol. The number of hydrogen-bond acceptors (Lipinski definition) is 2. The van der Waals surface area contributed by atoms with Crippen molar-refractivity contribution in [1.29, 1.82) is 0 Å². The van der Waals surface area contributed by atoms with Gasteiger partial charge in [0.15, 0.2) is 0 Å². The summed E-state index contributed by atoms with van der Waals surface area (Å²) < 4.78 is 5.58. The minimum absolute atomic E-state index is 0.225. The number of nitrogens with one attached hydrogen (secondary N) is 1. The van der Waals surface area contributed by atoms with E-state index in [-0.39, 0.29) is -0.379 Å². The first-order valence-electron chi connectivity index (χ1n) is 4.01. The van der Waals surface area contributed by atoms with Gasteiger partial charge < -0.3 is 10.1 Å². The Balaban J connectivity index is 2.84. The SMILES string of the molecule is CNCc1ccccc1OC(I)(I)I. The highest BCUT2D eigenvalue weighted by Gasteiger charge is 2.20. The fraction of sp³-hybridized carbons (Fsp3) is 0.333. The maximum atomic E-state index is 5.81. The topological polar surface area (TPSA) is 21.3 Å². The van der Waals surface area contributed by atoms with Crippen molar-refractivity contribution in [3.8, 4) is 5.75 Å². The molecular formula is C9H10I3NO. The van der Waals surface area contributed by atoms with Crippen LogP contribution in [0.15, 0.2) is 24.3 Å². The highest BCUT2D eigenvalue weighted by molar-refractivity contribution is 14.3. The van der Waals surface area contributed by atoms with Crippen molar-refractivity contribution >= 4 is 67.8 Å². The van der Waals surface area contributed by atoms with Gasteiger partial charge in [0.1, 0.15) is 5.75 Å². The van der Waals surface area contributed by atoms with E-state index in [1.807, 2.05) is 25.2 Å². The van der Waals surface area contributed by atoms with E-state index in [1.54, 1.807) is 0 Å². The summed E-state index contributed by atoms with van der Waals surface area (Å²) in [7, 11) is 1.93. The Bertz CT molecular complexity index is 298. The Morgan fingerprint density at radius 1 is 1.29 bits per heavy atom. The third-order valence-electron chi connectivity index (χ3n) is 1.57. The molecule has 78 valence electrons. The molecule has 0 aliphatic carbocycles. The first kappa shape index (κ1) is 13.2. The van der Waals surface area contributed by atoms with Crippen LogP contribution in [-0.4, -0.2) is 6.67 Å². The van der Waals surface area contributed by atoms with Crippen LogP contribution in [0, 0.1) is 0 Å². The summed E-state index contributed by atoms with van der Waals surface area (Å²) in [5.74, 6) is 0.944. The lowest BCUT2D eigenvalue weighted by Crippen LogP contribution is -2.13. The molecule has 1 aromatic rings. The van der Waals surface area contributed by atoms with Crippen LogP contribution in [0.3, 0.4) is 0 Å². The number of halogens is 3. The minimum atomic E-state index is -0.225. The second kappa shape index (κ2) is 6.04. The van der Waals surface area contributed by atoms with E-state index < -0.39 is 0 Å². The van der Waals surface area contributed by atoms with Crippen molar-refractivity contribution in [3.63, 3.8) is 0 Å². The minimum Gasteiger partial charge on any atom is -0.459 e. The Labute approximate surface area is 125 Å². The number of benzene rings is 1. The molecule has 5 heteroatoms. The highest BCUT2D eigenvalue weighted by atomic mass is 127. The second-order valence-electron chi connectivity index (χ2n) is 2.69. The number of hydrogen-bond donors (Lipinski definition) is 1. The van der Waals surface area contributed by atoms with Gasteiger partial charge in [-0.3, -0.25) is 0 Å². The van der Waals surface area contributed by atoms with Crippen molar-refractivity contribution in [2.75, 3.05) is 7.05 Å². The maximum absolute atomic E-state index is 5.81. The van der Waals surface area contributed by atoms with Crippen LogP contribution in [0.5, 0.6) is 5.75 Å². The lowest BCUT2D eigenvalue weighted by molar-refractivity contribution is 0.373. The van der Waals surface area contributed by atoms with Crippen LogP contribution in [-0.2, 0) is 6.54 Å². The number of alkyl halides is 3. The van der Waals surface area contributed by atoms with Gasteiger partial charge in [-0.1, -0.05) is 18.2 Å². The lowest BCUT2D eigenvalue weighted by atomic mass is 10.2. The Morgan fingerprint density at radius 2 is 1.93 bits per heavy atom. The third-order valence-corrected chi connectivity index (χ3v) is 2.23. The number of rotatable bonds is 4. The van der Waals surface area contributed by atoms with Crippen LogP contribution in [0.1, 0.15) is 5.56 Å². The van der Waals surface area contributed by atoms with Gasteiger partial charge in [-0.05, 0) is 80.9 Å². The van der Waals surface area contributed by atoms with E-state index >= 15 is 0 Å². The molecule has 0 atom stereocenters. The van der Waals surface area contributed by atoms with E-state index in [4.69, 9.17) is 4.74 Å². The van der Waals surface area contributed by atoms with Gasteiger partial charge in [0.2, 0.25) is 0 Å². The van der Waals surface area contributed by atoms with Crippen molar-refractivity contribution in [3.05, 3.63) is 29.8 Å². The zero-order chi connectivity index (χ0) is 10.6. The summed E-state index contributed by atoms with van der Waals surface area (Å²) in [6, 6.07) is 8.08. The van der Waals surface area contributed by atoms with Crippen LogP contribution in [0.4, 0.5) is 0 Å². The fourth-order valence-corrected chi connectivity index (χ4v) is 1.78. The molecule has 0 fully saturated rings. The van der Waals surface area contributed by atoms with Gasteiger partial charge >= 0.3 is 0 Å². The largest absolute Gasteiger partial charge is 0.459 e. The van der Waals surface area contributed by atoms with Gasteiger partial charge in [0.25, 0.3) is -0.379 Å². The lowest BCUT2D eigenvalue weighted by Gasteiger charge is -2.18. The van der Waals surface area contributed by atoms with Gasteiger partial charge in [-0.15, -0.1) is 0 Å². The van der Waals surface area contributed by atoms with Crippen LogP contribution in [0.2, 0.25) is 0 Å². The molecule has 14 heavy (non-hydrogen) atoms. The molecule has 0 spiro atoms. The molecule has 0 amide bonds. The van der Waals surface area contributed by atoms with Crippen molar-refractivity contribution < 1.29 is 4.74 Å². The molecule has 0 saturated carbocycles. The highest BCUT2D eigenvalue weighted by Crippen LogP contribution is 2.38. The third kappa shape index (κ3) is 4.79. The molecule has 0 aliphatic heterocycles. The normalized spacial score (nSPS) is 11.4. The van der Waals surface area contributed by atoms with Gasteiger partial charge in [0.05, 0.1) is 0 Å². The summed E-state index contributed by atoms with van der Waals surface area (Å²) in [5, 5.41) is 3.12. The molecule has 0 bridgehead atoms. The van der Waals surface area contributed by atoms with E-state index in [0.29, 0.717) is 0 Å². The average Bonchev–Trinajstić information content (AvgIpc) is 2.06. The van der Waals surface area contributed by atoms with E-state index in [1.165, 1.54) is 5.56 Å². The molecule has 0 aromatic heterocycles. The molecule has 0 unspecified atom stereocenters. The predicted octanol–water partition coefficient (Wildman–Crippen LogP) is 3.70. The number of para-hydroxylation sites is 1. The van der Waals surface area contributed by atoms with Crippen LogP contribution < -0.4 is 10.1 Å². The van der Waals surface area contributed by atoms with Crippen molar-refractivity contribution in [1.82, 2.24) is 5.32 Å². The average molecular weight is 529 g/mol. The Morgan fingerprint density at radius 3 is 2.50 bits per heavy atom. The first-order valence-corrected chi connectivity index (χ1v) is 7.25. The molecule has 1 rings (SSSR count).